The second-order valence-electron chi connectivity index (χ2n) is 3.42. The Morgan fingerprint density at radius 3 is 2.74 bits per heavy atom. The Hall–Kier alpha value is -2.64. The van der Waals surface area contributed by atoms with Crippen LogP contribution in [0.25, 0.3) is 0 Å². The lowest BCUT2D eigenvalue weighted by atomic mass is 10.3. The molecule has 3 N–H and O–H groups in total. The number of nitrogens with zero attached hydrogens (tertiary/aromatic N) is 1. The number of benzene rings is 1. The van der Waals surface area contributed by atoms with Crippen molar-refractivity contribution in [2.75, 3.05) is 10.6 Å². The van der Waals surface area contributed by atoms with Gasteiger partial charge in [-0.25, -0.2) is 4.79 Å². The lowest BCUT2D eigenvalue weighted by Gasteiger charge is -2.11. The number of aromatic nitrogens is 2. The molecule has 0 fully saturated rings. The maximum atomic E-state index is 12.2. The van der Waals surface area contributed by atoms with Crippen LogP contribution in [0.1, 0.15) is 0 Å². The molecule has 2 rings (SSSR count). The summed E-state index contributed by atoms with van der Waals surface area (Å²) in [6.45, 7) is -2.96. The summed E-state index contributed by atoms with van der Waals surface area (Å²) in [7, 11) is 0. The molecule has 0 bridgehead atoms. The van der Waals surface area contributed by atoms with Gasteiger partial charge >= 0.3 is 12.6 Å². The van der Waals surface area contributed by atoms with Crippen molar-refractivity contribution in [2.24, 2.45) is 0 Å². The normalized spacial score (nSPS) is 10.3. The van der Waals surface area contributed by atoms with Crippen LogP contribution in [0.4, 0.5) is 25.1 Å². The fraction of sp³-hybridized carbons (Fsp3) is 0.0909. The quantitative estimate of drug-likeness (QED) is 0.797. The summed E-state index contributed by atoms with van der Waals surface area (Å²) in [5.41, 5.74) is 0.139. The number of hydrogen-bond acceptors (Lipinski definition) is 3. The number of amides is 2. The summed E-state index contributed by atoms with van der Waals surface area (Å²) in [5.74, 6) is 0.266. The standard InChI is InChI=1S/C11H10F2N4O2/c12-10(13)19-8-4-2-1-3-7(8)15-11(18)16-9-5-6-14-17-9/h1-6,10H,(H3,14,15,16,17,18). The molecule has 0 atom stereocenters. The molecule has 0 saturated heterocycles. The third-order valence-corrected chi connectivity index (χ3v) is 2.10. The SMILES string of the molecule is O=C(Nc1ccn[nH]1)Nc1ccccc1OC(F)F. The van der Waals surface area contributed by atoms with E-state index in [1.165, 1.54) is 24.4 Å². The fourth-order valence-electron chi connectivity index (χ4n) is 1.37. The number of rotatable bonds is 4. The van der Waals surface area contributed by atoms with E-state index in [-0.39, 0.29) is 11.4 Å². The van der Waals surface area contributed by atoms with Crippen LogP contribution in [0.2, 0.25) is 0 Å². The Balaban J connectivity index is 2.04. The second-order valence-corrected chi connectivity index (χ2v) is 3.42. The number of nitrogens with one attached hydrogen (secondary N) is 3. The summed E-state index contributed by atoms with van der Waals surface area (Å²) in [6.07, 6.45) is 1.46. The summed E-state index contributed by atoms with van der Waals surface area (Å²) < 4.78 is 28.6. The van der Waals surface area contributed by atoms with Gasteiger partial charge in [-0.3, -0.25) is 10.4 Å². The van der Waals surface area contributed by atoms with Crippen molar-refractivity contribution in [3.8, 4) is 5.75 Å². The number of hydrogen-bond donors (Lipinski definition) is 3. The number of ether oxygens (including phenoxy) is 1. The Labute approximate surface area is 106 Å². The first-order chi connectivity index (χ1) is 9.15. The van der Waals surface area contributed by atoms with Gasteiger partial charge in [0.2, 0.25) is 0 Å². The van der Waals surface area contributed by atoms with Crippen molar-refractivity contribution in [1.29, 1.82) is 0 Å². The summed E-state index contributed by atoms with van der Waals surface area (Å²) in [5, 5.41) is 11.0. The van der Waals surface area contributed by atoms with Gasteiger partial charge in [0.25, 0.3) is 0 Å². The van der Waals surface area contributed by atoms with Crippen molar-refractivity contribution in [2.45, 2.75) is 6.61 Å². The number of alkyl halides is 2. The third-order valence-electron chi connectivity index (χ3n) is 2.10. The zero-order valence-electron chi connectivity index (χ0n) is 9.56. The molecule has 0 radical (unpaired) electrons. The number of carbonyl (C=O) groups is 1. The molecule has 19 heavy (non-hydrogen) atoms. The molecule has 1 aromatic heterocycles. The van der Waals surface area contributed by atoms with E-state index in [0.29, 0.717) is 5.82 Å². The van der Waals surface area contributed by atoms with Gasteiger partial charge in [0.15, 0.2) is 0 Å². The number of urea groups is 1. The summed E-state index contributed by atoms with van der Waals surface area (Å²) in [4.78, 5) is 11.6. The van der Waals surface area contributed by atoms with Gasteiger partial charge in [-0.1, -0.05) is 12.1 Å². The van der Waals surface area contributed by atoms with Gasteiger partial charge in [0.05, 0.1) is 11.9 Å². The van der Waals surface area contributed by atoms with Gasteiger partial charge in [-0.15, -0.1) is 0 Å². The molecule has 0 aliphatic rings. The number of carbonyl (C=O) groups excluding carboxylic acids is 1. The lowest BCUT2D eigenvalue weighted by Crippen LogP contribution is -2.20. The van der Waals surface area contributed by atoms with Gasteiger partial charge in [-0.2, -0.15) is 13.9 Å². The predicted molar refractivity (Wildman–Crippen MR) is 64.3 cm³/mol. The summed E-state index contributed by atoms with van der Waals surface area (Å²) in [6, 6.07) is 6.83. The summed E-state index contributed by atoms with van der Waals surface area (Å²) >= 11 is 0. The largest absolute Gasteiger partial charge is 0.433 e. The number of H-pyrrole nitrogens is 1. The third kappa shape index (κ3) is 3.66. The van der Waals surface area contributed by atoms with E-state index in [2.05, 4.69) is 25.6 Å². The fourth-order valence-corrected chi connectivity index (χ4v) is 1.37. The minimum absolute atomic E-state index is 0.114. The van der Waals surface area contributed by atoms with Crippen LogP contribution in [-0.4, -0.2) is 22.8 Å². The van der Waals surface area contributed by atoms with Gasteiger partial charge in [0.1, 0.15) is 11.6 Å². The van der Waals surface area contributed by atoms with E-state index in [9.17, 15) is 13.6 Å². The molecule has 0 aliphatic heterocycles. The number of halogens is 2. The Kier molecular flexibility index (Phi) is 3.91. The van der Waals surface area contributed by atoms with E-state index in [1.54, 1.807) is 12.1 Å². The molecule has 1 aromatic carbocycles. The minimum Gasteiger partial charge on any atom is -0.433 e. The maximum absolute atomic E-state index is 12.2. The molecule has 0 unspecified atom stereocenters. The Morgan fingerprint density at radius 2 is 2.05 bits per heavy atom. The second kappa shape index (κ2) is 5.80. The average molecular weight is 268 g/mol. The van der Waals surface area contributed by atoms with E-state index in [1.807, 2.05) is 0 Å². The van der Waals surface area contributed by atoms with Crippen LogP contribution in [-0.2, 0) is 0 Å². The van der Waals surface area contributed by atoms with Gasteiger partial charge in [0, 0.05) is 6.07 Å². The highest BCUT2D eigenvalue weighted by atomic mass is 19.3. The van der Waals surface area contributed by atoms with Crippen molar-refractivity contribution in [3.63, 3.8) is 0 Å². The van der Waals surface area contributed by atoms with Crippen molar-refractivity contribution >= 4 is 17.5 Å². The van der Waals surface area contributed by atoms with E-state index < -0.39 is 12.6 Å². The zero-order valence-corrected chi connectivity index (χ0v) is 9.56. The number of aromatic amines is 1. The molecule has 0 spiro atoms. The molecule has 8 heteroatoms. The molecule has 0 aliphatic carbocycles. The first-order valence-corrected chi connectivity index (χ1v) is 5.26. The molecular formula is C11H10F2N4O2. The van der Waals surface area contributed by atoms with Gasteiger partial charge in [-0.05, 0) is 12.1 Å². The van der Waals surface area contributed by atoms with Crippen LogP contribution in [0.15, 0.2) is 36.5 Å². The van der Waals surface area contributed by atoms with Crippen LogP contribution in [0.5, 0.6) is 5.75 Å². The first kappa shape index (κ1) is 12.8. The van der Waals surface area contributed by atoms with Crippen molar-refractivity contribution < 1.29 is 18.3 Å². The Bertz CT molecular complexity index is 545. The monoisotopic (exact) mass is 268 g/mol. The average Bonchev–Trinajstić information content (AvgIpc) is 2.83. The van der Waals surface area contributed by atoms with Crippen LogP contribution >= 0.6 is 0 Å². The molecular weight excluding hydrogens is 258 g/mol. The van der Waals surface area contributed by atoms with E-state index in [0.717, 1.165) is 0 Å². The smallest absolute Gasteiger partial charge is 0.387 e. The van der Waals surface area contributed by atoms with Gasteiger partial charge < -0.3 is 10.1 Å². The van der Waals surface area contributed by atoms with Crippen molar-refractivity contribution in [3.05, 3.63) is 36.5 Å². The zero-order chi connectivity index (χ0) is 13.7. The Morgan fingerprint density at radius 1 is 1.26 bits per heavy atom. The highest BCUT2D eigenvalue weighted by molar-refractivity contribution is 6.00. The van der Waals surface area contributed by atoms with E-state index >= 15 is 0 Å². The van der Waals surface area contributed by atoms with Crippen LogP contribution in [0, 0.1) is 0 Å². The topological polar surface area (TPSA) is 79.0 Å². The highest BCUT2D eigenvalue weighted by Gasteiger charge is 2.11. The number of anilines is 2. The molecule has 0 saturated carbocycles. The molecule has 2 amide bonds. The van der Waals surface area contributed by atoms with Crippen LogP contribution < -0.4 is 15.4 Å². The predicted octanol–water partition coefficient (Wildman–Crippen LogP) is 2.66. The van der Waals surface area contributed by atoms with Crippen molar-refractivity contribution in [1.82, 2.24) is 10.2 Å². The molecule has 1 heterocycles. The maximum Gasteiger partial charge on any atom is 0.387 e. The highest BCUT2D eigenvalue weighted by Crippen LogP contribution is 2.25. The first-order valence-electron chi connectivity index (χ1n) is 5.26. The molecule has 6 nitrogen and oxygen atoms in total. The molecule has 100 valence electrons. The van der Waals surface area contributed by atoms with Crippen LogP contribution in [0.3, 0.4) is 0 Å². The van der Waals surface area contributed by atoms with E-state index in [4.69, 9.17) is 0 Å². The lowest BCUT2D eigenvalue weighted by molar-refractivity contribution is -0.0493. The molecule has 2 aromatic rings. The minimum atomic E-state index is -2.96. The number of para-hydroxylation sites is 2.